The van der Waals surface area contributed by atoms with Gasteiger partial charge in [-0.05, 0) is 66.7 Å². The zero-order chi connectivity index (χ0) is 12.6. The van der Waals surface area contributed by atoms with Crippen LogP contribution in [0.25, 0.3) is 0 Å². The van der Waals surface area contributed by atoms with Gasteiger partial charge in [0.25, 0.3) is 0 Å². The minimum atomic E-state index is 0.459. The van der Waals surface area contributed by atoms with Crippen LogP contribution >= 0.6 is 0 Å². The van der Waals surface area contributed by atoms with Crippen molar-refractivity contribution in [3.05, 3.63) is 29.3 Å². The summed E-state index contributed by atoms with van der Waals surface area (Å²) in [5.41, 5.74) is 3.65. The molecule has 1 unspecified atom stereocenters. The molecule has 98 valence electrons. The molecule has 1 aromatic rings. The lowest BCUT2D eigenvalue weighted by Crippen LogP contribution is -2.41. The molecule has 0 heterocycles. The molecular weight excluding hydrogens is 220 g/mol. The van der Waals surface area contributed by atoms with Gasteiger partial charge in [0.2, 0.25) is 0 Å². The molecule has 0 aliphatic heterocycles. The second kappa shape index (κ2) is 4.60. The van der Waals surface area contributed by atoms with Gasteiger partial charge in [-0.3, -0.25) is 0 Å². The number of rotatable bonds is 2. The third kappa shape index (κ3) is 1.67. The average molecular weight is 244 g/mol. The van der Waals surface area contributed by atoms with Gasteiger partial charge in [-0.15, -0.1) is 0 Å². The minimum absolute atomic E-state index is 0.459. The Kier molecular flexibility index (Phi) is 3.09. The highest BCUT2D eigenvalue weighted by atomic mass is 16.5. The molecule has 0 spiro atoms. The summed E-state index contributed by atoms with van der Waals surface area (Å²) in [5.74, 6) is 1.95. The van der Waals surface area contributed by atoms with E-state index in [1.54, 1.807) is 18.2 Å². The molecule has 1 saturated carbocycles. The number of methoxy groups -OCH3 is 1. The highest BCUT2D eigenvalue weighted by molar-refractivity contribution is 5.43. The van der Waals surface area contributed by atoms with Gasteiger partial charge in [0.05, 0.1) is 7.11 Å². The van der Waals surface area contributed by atoms with E-state index in [1.165, 1.54) is 44.9 Å². The molecule has 1 heteroatoms. The molecule has 0 aromatic heterocycles. The summed E-state index contributed by atoms with van der Waals surface area (Å²) in [6.07, 6.45) is 9.61. The first-order valence-corrected chi connectivity index (χ1v) is 7.47. The Morgan fingerprint density at radius 1 is 1.28 bits per heavy atom. The zero-order valence-electron chi connectivity index (χ0n) is 11.7. The van der Waals surface area contributed by atoms with Gasteiger partial charge in [0.15, 0.2) is 0 Å². The zero-order valence-corrected chi connectivity index (χ0v) is 11.7. The normalized spacial score (nSPS) is 30.4. The van der Waals surface area contributed by atoms with Crippen molar-refractivity contribution in [1.29, 1.82) is 0 Å². The van der Waals surface area contributed by atoms with Gasteiger partial charge in [-0.2, -0.15) is 0 Å². The second-order valence-corrected chi connectivity index (χ2v) is 6.01. The number of hydrogen-bond acceptors (Lipinski definition) is 1. The molecule has 3 rings (SSSR count). The van der Waals surface area contributed by atoms with E-state index in [9.17, 15) is 0 Å². The van der Waals surface area contributed by atoms with Crippen molar-refractivity contribution < 1.29 is 4.74 Å². The van der Waals surface area contributed by atoms with E-state index in [2.05, 4.69) is 25.1 Å². The predicted octanol–water partition coefficient (Wildman–Crippen LogP) is 4.48. The number of benzene rings is 1. The summed E-state index contributed by atoms with van der Waals surface area (Å²) < 4.78 is 5.45. The molecule has 2 atom stereocenters. The fourth-order valence-corrected chi connectivity index (χ4v) is 4.44. The smallest absolute Gasteiger partial charge is 0.119 e. The predicted molar refractivity (Wildman–Crippen MR) is 75.2 cm³/mol. The van der Waals surface area contributed by atoms with Crippen LogP contribution in [-0.4, -0.2) is 7.11 Å². The van der Waals surface area contributed by atoms with Gasteiger partial charge in [0.1, 0.15) is 5.75 Å². The van der Waals surface area contributed by atoms with Crippen molar-refractivity contribution in [1.82, 2.24) is 0 Å². The summed E-state index contributed by atoms with van der Waals surface area (Å²) in [6, 6.07) is 6.76. The van der Waals surface area contributed by atoms with Crippen molar-refractivity contribution in [2.24, 2.45) is 5.92 Å². The van der Waals surface area contributed by atoms with E-state index in [0.29, 0.717) is 5.41 Å². The monoisotopic (exact) mass is 244 g/mol. The minimum Gasteiger partial charge on any atom is -0.497 e. The molecule has 18 heavy (non-hydrogen) atoms. The van der Waals surface area contributed by atoms with Crippen LogP contribution in [0.15, 0.2) is 18.2 Å². The van der Waals surface area contributed by atoms with Crippen molar-refractivity contribution in [2.45, 2.75) is 57.3 Å². The molecule has 2 aliphatic rings. The van der Waals surface area contributed by atoms with Gasteiger partial charge < -0.3 is 4.74 Å². The molecule has 0 radical (unpaired) electrons. The summed E-state index contributed by atoms with van der Waals surface area (Å²) in [4.78, 5) is 0. The van der Waals surface area contributed by atoms with Crippen LogP contribution in [0.1, 0.15) is 56.6 Å². The van der Waals surface area contributed by atoms with Crippen LogP contribution in [0.2, 0.25) is 0 Å². The fourth-order valence-electron chi connectivity index (χ4n) is 4.44. The number of hydrogen-bond donors (Lipinski definition) is 0. The maximum atomic E-state index is 5.45. The Bertz CT molecular complexity index is 437. The maximum absolute atomic E-state index is 5.45. The first-order chi connectivity index (χ1) is 8.80. The molecule has 0 saturated heterocycles. The lowest BCUT2D eigenvalue weighted by molar-refractivity contribution is 0.153. The van der Waals surface area contributed by atoms with E-state index in [4.69, 9.17) is 4.74 Å². The van der Waals surface area contributed by atoms with Crippen LogP contribution in [-0.2, 0) is 11.8 Å². The lowest BCUT2D eigenvalue weighted by Gasteiger charge is -2.48. The van der Waals surface area contributed by atoms with Crippen molar-refractivity contribution in [2.75, 3.05) is 7.11 Å². The second-order valence-electron chi connectivity index (χ2n) is 6.01. The lowest BCUT2D eigenvalue weighted by atomic mass is 9.56. The first kappa shape index (κ1) is 12.1. The third-order valence-corrected chi connectivity index (χ3v) is 5.45. The number of aryl methyl sites for hydroxylation is 1. The van der Waals surface area contributed by atoms with E-state index in [-0.39, 0.29) is 0 Å². The highest BCUT2D eigenvalue weighted by Crippen LogP contribution is 2.52. The Labute approximate surface area is 111 Å². The summed E-state index contributed by atoms with van der Waals surface area (Å²) in [6.45, 7) is 2.38. The van der Waals surface area contributed by atoms with E-state index in [1.807, 2.05) is 0 Å². The highest BCUT2D eigenvalue weighted by Gasteiger charge is 2.44. The summed E-state index contributed by atoms with van der Waals surface area (Å²) >= 11 is 0. The van der Waals surface area contributed by atoms with Crippen molar-refractivity contribution >= 4 is 0 Å². The average Bonchev–Trinajstić information content (AvgIpc) is 2.46. The quantitative estimate of drug-likeness (QED) is 0.745. The van der Waals surface area contributed by atoms with Gasteiger partial charge in [0, 0.05) is 0 Å². The number of ether oxygens (including phenoxy) is 1. The van der Waals surface area contributed by atoms with Crippen LogP contribution in [0, 0.1) is 5.92 Å². The molecule has 1 aromatic carbocycles. The Hall–Kier alpha value is -0.980. The van der Waals surface area contributed by atoms with Crippen LogP contribution in [0.3, 0.4) is 0 Å². The summed E-state index contributed by atoms with van der Waals surface area (Å²) in [5, 5.41) is 0. The van der Waals surface area contributed by atoms with Gasteiger partial charge >= 0.3 is 0 Å². The Balaban J connectivity index is 2.10. The summed E-state index contributed by atoms with van der Waals surface area (Å²) in [7, 11) is 1.78. The number of fused-ring (bicyclic) bond motifs is 3. The van der Waals surface area contributed by atoms with Crippen LogP contribution < -0.4 is 4.74 Å². The fraction of sp³-hybridized carbons (Fsp3) is 0.647. The third-order valence-electron chi connectivity index (χ3n) is 5.45. The first-order valence-electron chi connectivity index (χ1n) is 7.47. The Morgan fingerprint density at radius 3 is 2.94 bits per heavy atom. The van der Waals surface area contributed by atoms with Gasteiger partial charge in [-0.25, -0.2) is 0 Å². The Morgan fingerprint density at radius 2 is 2.17 bits per heavy atom. The van der Waals surface area contributed by atoms with Crippen LogP contribution in [0.5, 0.6) is 5.75 Å². The molecule has 1 fully saturated rings. The molecular formula is C17H24O. The molecule has 0 amide bonds. The maximum Gasteiger partial charge on any atom is 0.119 e. The van der Waals surface area contributed by atoms with Gasteiger partial charge in [-0.1, -0.05) is 25.8 Å². The SMILES string of the molecule is CC[C@@]12CCCCC1CCc1ccc(OC)cc12. The van der Waals surface area contributed by atoms with Crippen LogP contribution in [0.4, 0.5) is 0 Å². The van der Waals surface area contributed by atoms with Crippen molar-refractivity contribution in [3.63, 3.8) is 0 Å². The van der Waals surface area contributed by atoms with Crippen molar-refractivity contribution in [3.8, 4) is 5.75 Å². The standard InChI is InChI=1S/C17H24O/c1-3-17-11-5-4-6-14(17)9-7-13-8-10-15(18-2)12-16(13)17/h8,10,12,14H,3-7,9,11H2,1-2H3/t14?,17-/m1/s1. The molecule has 0 N–H and O–H groups in total. The molecule has 0 bridgehead atoms. The van der Waals surface area contributed by atoms with E-state index < -0.39 is 0 Å². The van der Waals surface area contributed by atoms with E-state index >= 15 is 0 Å². The molecule has 1 nitrogen and oxygen atoms in total. The largest absolute Gasteiger partial charge is 0.497 e. The van der Waals surface area contributed by atoms with E-state index in [0.717, 1.165) is 11.7 Å². The topological polar surface area (TPSA) is 9.23 Å². The molecule has 2 aliphatic carbocycles.